The molecule has 0 atom stereocenters. The average molecular weight is 689 g/mol. The minimum absolute atomic E-state index is 0.00924. The Morgan fingerprint density at radius 3 is 2.44 bits per heavy atom. The number of rotatable bonds is 10. The highest BCUT2D eigenvalue weighted by Crippen LogP contribution is 2.31. The lowest BCUT2D eigenvalue weighted by atomic mass is 9.89. The predicted molar refractivity (Wildman–Crippen MR) is 190 cm³/mol. The van der Waals surface area contributed by atoms with Crippen LogP contribution in [-0.4, -0.2) is 57.2 Å². The second-order valence-electron chi connectivity index (χ2n) is 12.4. The van der Waals surface area contributed by atoms with Crippen LogP contribution in [0.4, 0.5) is 11.6 Å². The van der Waals surface area contributed by atoms with E-state index in [0.717, 1.165) is 24.7 Å². The highest BCUT2D eigenvalue weighted by molar-refractivity contribution is 7.90. The zero-order valence-electron chi connectivity index (χ0n) is 27.7. The summed E-state index contributed by atoms with van der Waals surface area (Å²) in [5.74, 6) is 0.330. The molecule has 0 spiro atoms. The third-order valence-corrected chi connectivity index (χ3v) is 9.96. The van der Waals surface area contributed by atoms with Crippen LogP contribution in [0.15, 0.2) is 101 Å². The van der Waals surface area contributed by atoms with Crippen molar-refractivity contribution in [3.05, 3.63) is 113 Å². The number of aryl methyl sites for hydroxylation is 2. The first-order valence-corrected chi connectivity index (χ1v) is 18.2. The largest absolute Gasteiger partial charge is 0.351 e. The van der Waals surface area contributed by atoms with Gasteiger partial charge in [-0.3, -0.25) is 19.6 Å². The van der Waals surface area contributed by atoms with Gasteiger partial charge in [-0.1, -0.05) is 30.3 Å². The summed E-state index contributed by atoms with van der Waals surface area (Å²) in [7, 11) is -1.81. The molecule has 4 heterocycles. The summed E-state index contributed by atoms with van der Waals surface area (Å²) in [5, 5.41) is 13.1. The molecule has 1 aliphatic rings. The van der Waals surface area contributed by atoms with Crippen LogP contribution in [0.2, 0.25) is 0 Å². The lowest BCUT2D eigenvalue weighted by Crippen LogP contribution is -2.44. The third-order valence-electron chi connectivity index (χ3n) is 8.88. The molecule has 1 saturated carbocycles. The van der Waals surface area contributed by atoms with Crippen molar-refractivity contribution in [3.8, 4) is 28.6 Å². The summed E-state index contributed by atoms with van der Waals surface area (Å²) < 4.78 is 25.7. The van der Waals surface area contributed by atoms with Gasteiger partial charge < -0.3 is 14.8 Å². The van der Waals surface area contributed by atoms with E-state index in [1.165, 1.54) is 29.2 Å². The van der Waals surface area contributed by atoms with E-state index in [2.05, 4.69) is 31.3 Å². The molecule has 1 N–H and O–H groups in total. The number of nitrogens with one attached hydrogen (secondary N) is 1. The lowest BCUT2D eigenvalue weighted by Gasteiger charge is -2.37. The number of aromatic nitrogens is 5. The van der Waals surface area contributed by atoms with Gasteiger partial charge in [0.1, 0.15) is 6.07 Å². The molecule has 0 radical (unpaired) electrons. The van der Waals surface area contributed by atoms with E-state index in [-0.39, 0.29) is 34.0 Å². The number of carbonyl (C=O) groups is 1. The highest BCUT2D eigenvalue weighted by atomic mass is 32.2. The third kappa shape index (κ3) is 7.93. The number of nitrogens with zero attached hydrogens (tertiary/aromatic N) is 7. The van der Waals surface area contributed by atoms with E-state index in [1.54, 1.807) is 25.5 Å². The zero-order chi connectivity index (χ0) is 35.3. The van der Waals surface area contributed by atoms with Gasteiger partial charge in [0.25, 0.3) is 5.56 Å². The van der Waals surface area contributed by atoms with Gasteiger partial charge in [0.15, 0.2) is 9.84 Å². The van der Waals surface area contributed by atoms with E-state index in [1.807, 2.05) is 53.4 Å². The fourth-order valence-corrected chi connectivity index (χ4v) is 6.74. The molecule has 5 aromatic rings. The number of nitriles is 1. The normalized spacial score (nSPS) is 15.9. The van der Waals surface area contributed by atoms with Crippen LogP contribution in [0, 0.1) is 11.3 Å². The monoisotopic (exact) mass is 688 g/mol. The van der Waals surface area contributed by atoms with E-state index in [4.69, 9.17) is 0 Å². The topological polar surface area (TPSA) is 164 Å². The molecular weight excluding hydrogens is 653 g/mol. The molecular formula is C37H36N8O4S. The van der Waals surface area contributed by atoms with Gasteiger partial charge in [0.2, 0.25) is 11.9 Å². The van der Waals surface area contributed by atoms with Crippen molar-refractivity contribution in [2.75, 3.05) is 16.5 Å². The maximum absolute atomic E-state index is 13.9. The van der Waals surface area contributed by atoms with Crippen molar-refractivity contribution in [2.24, 2.45) is 7.05 Å². The molecule has 1 amide bonds. The molecule has 1 aliphatic carbocycles. The first-order valence-electron chi connectivity index (χ1n) is 16.3. The van der Waals surface area contributed by atoms with Gasteiger partial charge in [-0.25, -0.2) is 18.4 Å². The number of pyridine rings is 3. The molecule has 50 heavy (non-hydrogen) atoms. The standard InChI is InChI=1S/C37H36N8O4S/c1-44-17-16-26(19-35(44)47)33-14-13-31(23-40-33)45(34(46)15-8-25-6-4-3-5-7-25)30-11-9-29(10-12-30)42-37-41-22-28(20-38)36(43-37)27-18-32(24-39-21-27)50(2,48)49/h3-7,13-14,16-19,21-24,29-30H,8-12,15H2,1-2H3,(H,41,42,43)/t29-,30-. The van der Waals surface area contributed by atoms with Gasteiger partial charge in [0, 0.05) is 67.6 Å². The maximum Gasteiger partial charge on any atom is 0.250 e. The number of sulfone groups is 1. The zero-order valence-corrected chi connectivity index (χ0v) is 28.5. The Labute approximate surface area is 290 Å². The van der Waals surface area contributed by atoms with Crippen molar-refractivity contribution in [2.45, 2.75) is 55.5 Å². The Morgan fingerprint density at radius 1 is 0.980 bits per heavy atom. The van der Waals surface area contributed by atoms with E-state index in [9.17, 15) is 23.3 Å². The number of hydrogen-bond acceptors (Lipinski definition) is 10. The quantitative estimate of drug-likeness (QED) is 0.212. The second kappa shape index (κ2) is 14.8. The van der Waals surface area contributed by atoms with Crippen molar-refractivity contribution in [1.82, 2.24) is 24.5 Å². The average Bonchev–Trinajstić information content (AvgIpc) is 3.13. The van der Waals surface area contributed by atoms with Crippen molar-refractivity contribution < 1.29 is 13.2 Å². The summed E-state index contributed by atoms with van der Waals surface area (Å²) in [4.78, 5) is 45.6. The van der Waals surface area contributed by atoms with Crippen molar-refractivity contribution >= 4 is 27.4 Å². The molecule has 0 aliphatic heterocycles. The molecule has 0 bridgehead atoms. The number of anilines is 2. The van der Waals surface area contributed by atoms with Crippen LogP contribution >= 0.6 is 0 Å². The molecule has 0 unspecified atom stereocenters. The first-order chi connectivity index (χ1) is 24.1. The minimum atomic E-state index is -3.51. The molecule has 1 fully saturated rings. The number of hydrogen-bond donors (Lipinski definition) is 1. The SMILES string of the molecule is Cn1ccc(-c2ccc(N(C(=O)CCc3ccccc3)[C@H]3CC[C@H](Nc4ncc(C#N)c(-c5cncc(S(C)(=O)=O)c5)n4)CC3)cn2)cc1=O. The highest BCUT2D eigenvalue weighted by Gasteiger charge is 2.30. The molecule has 6 rings (SSSR count). The van der Waals surface area contributed by atoms with Gasteiger partial charge in [-0.15, -0.1) is 0 Å². The molecule has 1 aromatic carbocycles. The Morgan fingerprint density at radius 2 is 1.76 bits per heavy atom. The van der Waals surface area contributed by atoms with E-state index in [0.29, 0.717) is 59.8 Å². The molecule has 12 nitrogen and oxygen atoms in total. The number of amides is 1. The smallest absolute Gasteiger partial charge is 0.250 e. The Bertz CT molecular complexity index is 2210. The van der Waals surface area contributed by atoms with Crippen LogP contribution in [-0.2, 0) is 28.1 Å². The van der Waals surface area contributed by atoms with Gasteiger partial charge >= 0.3 is 0 Å². The van der Waals surface area contributed by atoms with Crippen LogP contribution in [0.25, 0.3) is 22.5 Å². The van der Waals surface area contributed by atoms with Crippen molar-refractivity contribution in [1.29, 1.82) is 5.26 Å². The molecule has 4 aromatic heterocycles. The summed E-state index contributed by atoms with van der Waals surface area (Å²) in [6.45, 7) is 0. The summed E-state index contributed by atoms with van der Waals surface area (Å²) in [5.41, 5.74) is 3.92. The fraction of sp³-hybridized carbons (Fsp3) is 0.270. The van der Waals surface area contributed by atoms with E-state index >= 15 is 0 Å². The van der Waals surface area contributed by atoms with Crippen LogP contribution in [0.1, 0.15) is 43.2 Å². The molecule has 0 saturated heterocycles. The molecule has 13 heteroatoms. The van der Waals surface area contributed by atoms with Crippen molar-refractivity contribution in [3.63, 3.8) is 0 Å². The van der Waals surface area contributed by atoms with Gasteiger partial charge in [-0.2, -0.15) is 5.26 Å². The maximum atomic E-state index is 13.9. The van der Waals surface area contributed by atoms with Gasteiger partial charge in [-0.05, 0) is 61.9 Å². The predicted octanol–water partition coefficient (Wildman–Crippen LogP) is 4.96. The van der Waals surface area contributed by atoms with E-state index < -0.39 is 9.84 Å². The fourth-order valence-electron chi connectivity index (χ4n) is 6.15. The van der Waals surface area contributed by atoms with Gasteiger partial charge in [0.05, 0.1) is 39.9 Å². The summed E-state index contributed by atoms with van der Waals surface area (Å²) >= 11 is 0. The summed E-state index contributed by atoms with van der Waals surface area (Å²) in [6, 6.07) is 20.5. The second-order valence-corrected chi connectivity index (χ2v) is 14.4. The minimum Gasteiger partial charge on any atom is -0.351 e. The van der Waals surface area contributed by atoms with Crippen LogP contribution in [0.3, 0.4) is 0 Å². The lowest BCUT2D eigenvalue weighted by molar-refractivity contribution is -0.119. The Balaban J connectivity index is 1.19. The first kappa shape index (κ1) is 34.1. The number of benzene rings is 1. The number of carbonyl (C=O) groups excluding carboxylic acids is 1. The Kier molecular flexibility index (Phi) is 10.1. The molecule has 254 valence electrons. The van der Waals surface area contributed by atoms with Crippen LogP contribution in [0.5, 0.6) is 0 Å². The van der Waals surface area contributed by atoms with Crippen LogP contribution < -0.4 is 15.8 Å². The summed E-state index contributed by atoms with van der Waals surface area (Å²) in [6.07, 6.45) is 12.5. The Hall–Kier alpha value is -5.74.